The van der Waals surface area contributed by atoms with Crippen LogP contribution in [0.15, 0.2) is 60.7 Å². The molecule has 2 heteroatoms. The van der Waals surface area contributed by atoms with E-state index in [4.69, 9.17) is 23.2 Å². The zero-order valence-corrected chi connectivity index (χ0v) is 12.5. The quantitative estimate of drug-likeness (QED) is 0.522. The van der Waals surface area contributed by atoms with Gasteiger partial charge in [0, 0.05) is 11.8 Å². The monoisotopic (exact) mass is 300 g/mol. The van der Waals surface area contributed by atoms with Crippen LogP contribution in [0.25, 0.3) is 21.9 Å². The molecular formula is C18H14Cl2. The van der Waals surface area contributed by atoms with Gasteiger partial charge >= 0.3 is 0 Å². The van der Waals surface area contributed by atoms with Crippen molar-refractivity contribution in [2.75, 3.05) is 0 Å². The Morgan fingerprint density at radius 2 is 1.45 bits per heavy atom. The number of hydrogen-bond donors (Lipinski definition) is 0. The highest BCUT2D eigenvalue weighted by molar-refractivity contribution is 6.20. The first-order chi connectivity index (χ1) is 9.85. The predicted octanol–water partition coefficient (Wildman–Crippen LogP) is 5.98. The maximum absolute atomic E-state index is 6.21. The van der Waals surface area contributed by atoms with Gasteiger partial charge in [-0.25, -0.2) is 0 Å². The highest BCUT2D eigenvalue weighted by atomic mass is 35.5. The van der Waals surface area contributed by atoms with Crippen molar-refractivity contribution in [3.8, 4) is 11.1 Å². The zero-order valence-electron chi connectivity index (χ0n) is 10.9. The van der Waals surface area contributed by atoms with Gasteiger partial charge in [-0.2, -0.15) is 0 Å². The average Bonchev–Trinajstić information content (AvgIpc) is 2.53. The van der Waals surface area contributed by atoms with Crippen molar-refractivity contribution >= 4 is 34.0 Å². The van der Waals surface area contributed by atoms with Crippen molar-refractivity contribution in [1.29, 1.82) is 0 Å². The van der Waals surface area contributed by atoms with Crippen LogP contribution >= 0.6 is 23.2 Å². The molecule has 20 heavy (non-hydrogen) atoms. The fraction of sp³-hybridized carbons (Fsp3) is 0.111. The van der Waals surface area contributed by atoms with Crippen molar-refractivity contribution in [1.82, 2.24) is 0 Å². The number of rotatable bonds is 3. The molecule has 0 aliphatic heterocycles. The summed E-state index contributed by atoms with van der Waals surface area (Å²) >= 11 is 12.3. The molecule has 0 aliphatic rings. The van der Waals surface area contributed by atoms with E-state index in [9.17, 15) is 0 Å². The molecule has 0 aromatic heterocycles. The lowest BCUT2D eigenvalue weighted by molar-refractivity contribution is 1.29. The molecule has 0 spiro atoms. The van der Waals surface area contributed by atoms with E-state index in [1.165, 1.54) is 21.9 Å². The largest absolute Gasteiger partial charge is 0.122 e. The Balaban J connectivity index is 2.43. The third-order valence-electron chi connectivity index (χ3n) is 3.59. The first-order valence-corrected chi connectivity index (χ1v) is 7.63. The zero-order chi connectivity index (χ0) is 13.9. The summed E-state index contributed by atoms with van der Waals surface area (Å²) in [5.41, 5.74) is 4.63. The Kier molecular flexibility index (Phi) is 3.95. The molecule has 0 bridgehead atoms. The summed E-state index contributed by atoms with van der Waals surface area (Å²) in [6.45, 7) is 0. The average molecular weight is 301 g/mol. The van der Waals surface area contributed by atoms with Crippen LogP contribution in [0.5, 0.6) is 0 Å². The van der Waals surface area contributed by atoms with E-state index in [1.54, 1.807) is 0 Å². The summed E-state index contributed by atoms with van der Waals surface area (Å²) in [7, 11) is 0. The van der Waals surface area contributed by atoms with E-state index >= 15 is 0 Å². The van der Waals surface area contributed by atoms with Crippen LogP contribution in [0.2, 0.25) is 0 Å². The molecule has 0 fully saturated rings. The Labute approximate surface area is 129 Å². The van der Waals surface area contributed by atoms with Gasteiger partial charge < -0.3 is 0 Å². The summed E-state index contributed by atoms with van der Waals surface area (Å²) in [5.74, 6) is 0.948. The summed E-state index contributed by atoms with van der Waals surface area (Å²) < 4.78 is 0. The number of fused-ring (bicyclic) bond motifs is 1. The molecular weight excluding hydrogens is 287 g/mol. The van der Waals surface area contributed by atoms with E-state index in [0.29, 0.717) is 11.8 Å². The highest BCUT2D eigenvalue weighted by Crippen LogP contribution is 2.36. The molecule has 3 aromatic carbocycles. The van der Waals surface area contributed by atoms with Crippen molar-refractivity contribution < 1.29 is 0 Å². The van der Waals surface area contributed by atoms with Crippen LogP contribution in [0.4, 0.5) is 0 Å². The van der Waals surface area contributed by atoms with Gasteiger partial charge in [-0.1, -0.05) is 54.6 Å². The minimum absolute atomic E-state index is 0.469. The van der Waals surface area contributed by atoms with E-state index in [0.717, 1.165) is 11.1 Å². The fourth-order valence-corrected chi connectivity index (χ4v) is 3.20. The van der Waals surface area contributed by atoms with Crippen LogP contribution in [-0.4, -0.2) is 0 Å². The Morgan fingerprint density at radius 1 is 0.750 bits per heavy atom. The van der Waals surface area contributed by atoms with Gasteiger partial charge in [-0.15, -0.1) is 23.2 Å². The standard InChI is InChI=1S/C18H14Cl2/c19-11-15-10-14-8-4-5-9-16(14)18(17(15)12-20)13-6-2-1-3-7-13/h1-10H,11-12H2. The second-order valence-electron chi connectivity index (χ2n) is 4.74. The molecule has 3 rings (SSSR count). The van der Waals surface area contributed by atoms with Crippen molar-refractivity contribution in [3.63, 3.8) is 0 Å². The van der Waals surface area contributed by atoms with Gasteiger partial charge in [0.2, 0.25) is 0 Å². The first-order valence-electron chi connectivity index (χ1n) is 6.56. The second-order valence-corrected chi connectivity index (χ2v) is 5.28. The summed E-state index contributed by atoms with van der Waals surface area (Å²) in [6.07, 6.45) is 0. The number of alkyl halides is 2. The Bertz CT molecular complexity index is 733. The van der Waals surface area contributed by atoms with Crippen molar-refractivity contribution in [2.45, 2.75) is 11.8 Å². The summed E-state index contributed by atoms with van der Waals surface area (Å²) in [4.78, 5) is 0. The minimum Gasteiger partial charge on any atom is -0.122 e. The predicted molar refractivity (Wildman–Crippen MR) is 88.5 cm³/mol. The van der Waals surface area contributed by atoms with Crippen LogP contribution in [0.3, 0.4) is 0 Å². The summed E-state index contributed by atoms with van der Waals surface area (Å²) in [5, 5.41) is 2.43. The second kappa shape index (κ2) is 5.87. The van der Waals surface area contributed by atoms with Crippen LogP contribution in [0.1, 0.15) is 11.1 Å². The van der Waals surface area contributed by atoms with Crippen LogP contribution in [0, 0.1) is 0 Å². The van der Waals surface area contributed by atoms with Gasteiger partial charge in [0.05, 0.1) is 0 Å². The van der Waals surface area contributed by atoms with Gasteiger partial charge in [-0.05, 0) is 39.1 Å². The summed E-state index contributed by atoms with van der Waals surface area (Å²) in [6, 6.07) is 20.9. The fourth-order valence-electron chi connectivity index (χ4n) is 2.65. The molecule has 0 unspecified atom stereocenters. The smallest absolute Gasteiger partial charge is 0.0483 e. The van der Waals surface area contributed by atoms with E-state index in [2.05, 4.69) is 54.6 Å². The molecule has 0 amide bonds. The van der Waals surface area contributed by atoms with Gasteiger partial charge in [0.25, 0.3) is 0 Å². The van der Waals surface area contributed by atoms with E-state index in [-0.39, 0.29) is 0 Å². The number of halogens is 2. The van der Waals surface area contributed by atoms with Gasteiger partial charge in [0.15, 0.2) is 0 Å². The molecule has 3 aromatic rings. The first kappa shape index (κ1) is 13.5. The van der Waals surface area contributed by atoms with E-state index < -0.39 is 0 Å². The van der Waals surface area contributed by atoms with Crippen molar-refractivity contribution in [3.05, 3.63) is 71.8 Å². The lowest BCUT2D eigenvalue weighted by atomic mass is 9.91. The molecule has 100 valence electrons. The molecule has 0 nitrogen and oxygen atoms in total. The normalized spacial score (nSPS) is 10.9. The third-order valence-corrected chi connectivity index (χ3v) is 4.14. The molecule has 0 radical (unpaired) electrons. The maximum atomic E-state index is 6.21. The van der Waals surface area contributed by atoms with Crippen LogP contribution < -0.4 is 0 Å². The van der Waals surface area contributed by atoms with Gasteiger partial charge in [-0.3, -0.25) is 0 Å². The van der Waals surface area contributed by atoms with Gasteiger partial charge in [0.1, 0.15) is 0 Å². The topological polar surface area (TPSA) is 0 Å². The molecule has 0 atom stereocenters. The molecule has 0 N–H and O–H groups in total. The molecule has 0 saturated heterocycles. The lowest BCUT2D eigenvalue weighted by Gasteiger charge is -2.15. The highest BCUT2D eigenvalue weighted by Gasteiger charge is 2.13. The lowest BCUT2D eigenvalue weighted by Crippen LogP contribution is -1.95. The Morgan fingerprint density at radius 3 is 2.15 bits per heavy atom. The number of benzene rings is 3. The molecule has 0 aliphatic carbocycles. The minimum atomic E-state index is 0.469. The van der Waals surface area contributed by atoms with Crippen LogP contribution in [-0.2, 0) is 11.8 Å². The third kappa shape index (κ3) is 2.30. The maximum Gasteiger partial charge on any atom is 0.0483 e. The molecule has 0 heterocycles. The van der Waals surface area contributed by atoms with Crippen molar-refractivity contribution in [2.24, 2.45) is 0 Å². The SMILES string of the molecule is ClCc1cc2ccccc2c(-c2ccccc2)c1CCl. The molecule has 0 saturated carbocycles. The number of hydrogen-bond acceptors (Lipinski definition) is 0. The van der Waals surface area contributed by atoms with E-state index in [1.807, 2.05) is 6.07 Å². The Hall–Kier alpha value is -1.50.